The van der Waals surface area contributed by atoms with Crippen LogP contribution in [-0.2, 0) is 54.4 Å². The van der Waals surface area contributed by atoms with Crippen molar-refractivity contribution in [1.82, 2.24) is 52.1 Å². The maximum Gasteiger partial charge on any atom is 0.326 e. The molecule has 26 heteroatoms. The van der Waals surface area contributed by atoms with Crippen molar-refractivity contribution >= 4 is 71.8 Å². The number of nitrogens with one attached hydrogen (secondary N) is 8. The van der Waals surface area contributed by atoms with Crippen LogP contribution in [0.4, 0.5) is 0 Å². The van der Waals surface area contributed by atoms with E-state index >= 15 is 0 Å². The first kappa shape index (κ1) is 58.3. The fraction of sp³-hybridized carbons (Fsp3) is 0.690. The van der Waals surface area contributed by atoms with Crippen LogP contribution in [0.1, 0.15) is 91.2 Å². The van der Waals surface area contributed by atoms with Gasteiger partial charge in [-0.05, 0) is 69.7 Å². The summed E-state index contributed by atoms with van der Waals surface area (Å²) in [6.07, 6.45) is 2.91. The lowest BCUT2D eigenvalue weighted by atomic mass is 10.0. The molecule has 8 amide bonds. The first-order valence-electron chi connectivity index (χ1n) is 22.6. The minimum absolute atomic E-state index is 0.0128. The summed E-state index contributed by atoms with van der Waals surface area (Å²) in [5, 5.41) is 47.0. The molecule has 0 aromatic carbocycles. The molecule has 0 unspecified atom stereocenters. The van der Waals surface area contributed by atoms with Crippen molar-refractivity contribution in [3.8, 4) is 0 Å². The maximum atomic E-state index is 14.0. The second kappa shape index (κ2) is 29.8. The fourth-order valence-corrected chi connectivity index (χ4v) is 7.54. The number of carbonyl (C=O) groups excluding carboxylic acids is 8. The van der Waals surface area contributed by atoms with Crippen molar-refractivity contribution in [2.24, 2.45) is 23.3 Å². The molecule has 1 aliphatic rings. The molecule has 8 atom stereocenters. The molecule has 1 fully saturated rings. The van der Waals surface area contributed by atoms with Crippen molar-refractivity contribution in [2.75, 3.05) is 32.0 Å². The van der Waals surface area contributed by atoms with E-state index in [2.05, 4.69) is 59.8 Å². The van der Waals surface area contributed by atoms with E-state index < -0.39 is 127 Å². The van der Waals surface area contributed by atoms with Crippen LogP contribution in [0, 0.1) is 11.8 Å². The first-order valence-corrected chi connectivity index (χ1v) is 23.2. The third-order valence-electron chi connectivity index (χ3n) is 10.8. The van der Waals surface area contributed by atoms with E-state index in [-0.39, 0.29) is 75.7 Å². The molecule has 1 aromatic rings. The Balaban J connectivity index is 2.31. The molecule has 0 spiro atoms. The highest BCUT2D eigenvalue weighted by atomic mass is 32.1. The zero-order valence-electron chi connectivity index (χ0n) is 39.0. The number of aliphatic carboxylic acids is 2. The normalized spacial score (nSPS) is 16.6. The summed E-state index contributed by atoms with van der Waals surface area (Å²) in [6.45, 7) is 6.10. The molecule has 2 rings (SSSR count). The van der Waals surface area contributed by atoms with Crippen molar-refractivity contribution in [2.45, 2.75) is 140 Å². The third-order valence-corrected chi connectivity index (χ3v) is 11.2. The average molecular weight is 983 g/mol. The number of hydrogen-bond donors (Lipinski definition) is 14. The lowest BCUT2D eigenvalue weighted by Crippen LogP contribution is -2.61. The molecule has 0 saturated carbocycles. The minimum atomic E-state index is -1.61. The van der Waals surface area contributed by atoms with Gasteiger partial charge in [0.2, 0.25) is 47.3 Å². The smallest absolute Gasteiger partial charge is 0.326 e. The number of carboxylic acid groups (broad SMARTS) is 2. The van der Waals surface area contributed by atoms with Gasteiger partial charge in [0.25, 0.3) is 0 Å². The number of rotatable bonds is 31. The quantitative estimate of drug-likeness (QED) is 0.0252. The number of aliphatic hydroxyl groups is 1. The van der Waals surface area contributed by atoms with Crippen molar-refractivity contribution < 1.29 is 63.3 Å². The molecular formula is C42H70N12O13S. The van der Waals surface area contributed by atoms with Crippen LogP contribution in [0.3, 0.4) is 0 Å². The number of carbonyl (C=O) groups is 10. The molecule has 0 bridgehead atoms. The van der Waals surface area contributed by atoms with Crippen LogP contribution in [0.15, 0.2) is 12.5 Å². The standard InChI is InChI=1S/C42H70N12O13S/c1-22(2)14-27(47-33(56)17-44)37(61)53-31(20-68)39(63)52-30(19-55)41(65)54-13-7-9-32(54)40(64)49-26(10-11-34(57)58)36(60)48-25(8-5-6-12-43)35(59)50-28(16-24-18-45-21-46-24)38(62)51-29(42(66)67)15-23(3)4/h18,21-23,25-32,55,68H,5-17,19-20,43-44H2,1-4H3,(H,45,46)(H,47,56)(H,48,60)(H,49,64)(H,50,59)(H,51,62)(H,52,63)(H,53,61)(H,57,58)(H,66,67)/t25-,26-,27-,28-,29-,30-,31-,32-/m0/s1. The monoisotopic (exact) mass is 982 g/mol. The first-order chi connectivity index (χ1) is 32.1. The predicted octanol–water partition coefficient (Wildman–Crippen LogP) is -3.61. The molecule has 25 nitrogen and oxygen atoms in total. The summed E-state index contributed by atoms with van der Waals surface area (Å²) in [5.41, 5.74) is 11.5. The molecule has 2 heterocycles. The Morgan fingerprint density at radius 3 is 1.82 bits per heavy atom. The van der Waals surface area contributed by atoms with Gasteiger partial charge in [-0.3, -0.25) is 43.2 Å². The molecule has 68 heavy (non-hydrogen) atoms. The second-order valence-corrected chi connectivity index (χ2v) is 17.7. The highest BCUT2D eigenvalue weighted by Gasteiger charge is 2.40. The second-order valence-electron chi connectivity index (χ2n) is 17.3. The van der Waals surface area contributed by atoms with E-state index in [1.165, 1.54) is 12.5 Å². The number of hydrogen-bond acceptors (Lipinski definition) is 15. The molecule has 15 N–H and O–H groups in total. The zero-order valence-corrected chi connectivity index (χ0v) is 39.8. The van der Waals surface area contributed by atoms with Gasteiger partial charge in [-0.25, -0.2) is 9.78 Å². The van der Waals surface area contributed by atoms with Gasteiger partial charge < -0.3 is 73.9 Å². The summed E-state index contributed by atoms with van der Waals surface area (Å²) in [5.74, 6) is -9.64. The Morgan fingerprint density at radius 2 is 1.28 bits per heavy atom. The van der Waals surface area contributed by atoms with Gasteiger partial charge in [0, 0.05) is 37.0 Å². The number of aliphatic hydroxyl groups excluding tert-OH is 1. The maximum absolute atomic E-state index is 14.0. The molecule has 1 aliphatic heterocycles. The van der Waals surface area contributed by atoms with Crippen molar-refractivity contribution in [1.29, 1.82) is 0 Å². The predicted molar refractivity (Wildman–Crippen MR) is 247 cm³/mol. The van der Waals surface area contributed by atoms with Gasteiger partial charge in [-0.2, -0.15) is 12.6 Å². The van der Waals surface area contributed by atoms with Gasteiger partial charge in [-0.15, -0.1) is 0 Å². The van der Waals surface area contributed by atoms with E-state index in [9.17, 15) is 63.3 Å². The summed E-state index contributed by atoms with van der Waals surface area (Å²) >= 11 is 4.16. The number of likely N-dealkylation sites (tertiary alicyclic amines) is 1. The Hall–Kier alpha value is -5.86. The van der Waals surface area contributed by atoms with Gasteiger partial charge >= 0.3 is 11.9 Å². The van der Waals surface area contributed by atoms with Crippen LogP contribution in [0.2, 0.25) is 0 Å². The van der Waals surface area contributed by atoms with Gasteiger partial charge in [0.15, 0.2) is 0 Å². The average Bonchev–Trinajstić information content (AvgIpc) is 4.00. The lowest BCUT2D eigenvalue weighted by molar-refractivity contribution is -0.143. The summed E-state index contributed by atoms with van der Waals surface area (Å²) in [4.78, 5) is 139. The lowest BCUT2D eigenvalue weighted by Gasteiger charge is -2.30. The summed E-state index contributed by atoms with van der Waals surface area (Å²) in [7, 11) is 0. The van der Waals surface area contributed by atoms with Crippen LogP contribution >= 0.6 is 12.6 Å². The van der Waals surface area contributed by atoms with Crippen LogP contribution in [0.25, 0.3) is 0 Å². The Bertz CT molecular complexity index is 1870. The van der Waals surface area contributed by atoms with Gasteiger partial charge in [-0.1, -0.05) is 27.7 Å². The molecule has 382 valence electrons. The van der Waals surface area contributed by atoms with Crippen molar-refractivity contribution in [3.05, 3.63) is 18.2 Å². The largest absolute Gasteiger partial charge is 0.481 e. The molecule has 0 aliphatic carbocycles. The summed E-state index contributed by atoms with van der Waals surface area (Å²) < 4.78 is 0. The number of H-pyrrole nitrogens is 1. The topological polar surface area (TPSA) is 400 Å². The van der Waals surface area contributed by atoms with E-state index in [1.807, 2.05) is 13.8 Å². The van der Waals surface area contributed by atoms with Crippen molar-refractivity contribution in [3.63, 3.8) is 0 Å². The number of amides is 8. The third kappa shape index (κ3) is 19.8. The SMILES string of the molecule is CC(C)C[C@H](NC(=O)[C@H](Cc1cnc[nH]1)NC(=O)[C@H](CCCCN)NC(=O)[C@H](CCC(=O)O)NC(=O)[C@@H]1CCCN1C(=O)[C@H](CO)NC(=O)[C@H](CS)NC(=O)[C@H](CC(C)C)NC(=O)CN)C(=O)O. The Kier molecular flexibility index (Phi) is 25.5. The van der Waals surface area contributed by atoms with Crippen LogP contribution in [0.5, 0.6) is 0 Å². The van der Waals surface area contributed by atoms with E-state index in [1.54, 1.807) is 13.8 Å². The van der Waals surface area contributed by atoms with Gasteiger partial charge in [0.05, 0.1) is 19.5 Å². The van der Waals surface area contributed by atoms with E-state index in [0.717, 1.165) is 4.90 Å². The fourth-order valence-electron chi connectivity index (χ4n) is 7.29. The molecular weight excluding hydrogens is 913 g/mol. The highest BCUT2D eigenvalue weighted by Crippen LogP contribution is 2.20. The van der Waals surface area contributed by atoms with Crippen LogP contribution < -0.4 is 48.7 Å². The highest BCUT2D eigenvalue weighted by molar-refractivity contribution is 7.80. The van der Waals surface area contributed by atoms with E-state index in [4.69, 9.17) is 11.5 Å². The Morgan fingerprint density at radius 1 is 0.735 bits per heavy atom. The summed E-state index contributed by atoms with van der Waals surface area (Å²) in [6, 6.07) is -10.8. The number of nitrogens with zero attached hydrogens (tertiary/aromatic N) is 2. The Labute approximate surface area is 400 Å². The van der Waals surface area contributed by atoms with E-state index in [0.29, 0.717) is 18.5 Å². The van der Waals surface area contributed by atoms with Crippen LogP contribution in [-0.4, -0.2) is 170 Å². The number of unbranched alkanes of at least 4 members (excludes halogenated alkanes) is 1. The molecule has 0 radical (unpaired) electrons. The minimum Gasteiger partial charge on any atom is -0.481 e. The number of aromatic amines is 1. The number of carboxylic acids is 2. The molecule has 1 saturated heterocycles. The number of aromatic nitrogens is 2. The van der Waals surface area contributed by atoms with Gasteiger partial charge in [0.1, 0.15) is 48.3 Å². The molecule has 1 aromatic heterocycles. The number of thiol groups is 1. The number of nitrogens with two attached hydrogens (primary N) is 2. The number of imidazole rings is 1. The zero-order chi connectivity index (χ0) is 51.1.